The molecule has 1 heterocycles. The van der Waals surface area contributed by atoms with Crippen molar-refractivity contribution in [1.29, 1.82) is 0 Å². The van der Waals surface area contributed by atoms with Gasteiger partial charge in [0.05, 0.1) is 38.6 Å². The van der Waals surface area contributed by atoms with Crippen molar-refractivity contribution < 1.29 is 23.8 Å². The van der Waals surface area contributed by atoms with Crippen molar-refractivity contribution in [2.24, 2.45) is 0 Å². The molecule has 0 saturated carbocycles. The number of carbonyl (C=O) groups is 2. The predicted molar refractivity (Wildman–Crippen MR) is 159 cm³/mol. The second-order valence-electron chi connectivity index (χ2n) is 9.05. The molecule has 1 aliphatic heterocycles. The van der Waals surface area contributed by atoms with Gasteiger partial charge in [-0.2, -0.15) is 0 Å². The molecule has 6 nitrogen and oxygen atoms in total. The average molecular weight is 676 g/mol. The molecule has 9 heteroatoms. The molecule has 3 aromatic carbocycles. The first-order chi connectivity index (χ1) is 18.7. The molecule has 0 aromatic heterocycles. The van der Waals surface area contributed by atoms with E-state index in [0.717, 1.165) is 20.3 Å². The molecular weight excluding hydrogens is 652 g/mol. The Hall–Kier alpha value is -3.01. The topological polar surface area (TPSA) is 73.9 Å². The van der Waals surface area contributed by atoms with E-state index >= 15 is 0 Å². The zero-order valence-corrected chi connectivity index (χ0v) is 25.0. The van der Waals surface area contributed by atoms with Gasteiger partial charge < -0.3 is 19.5 Å². The highest BCUT2D eigenvalue weighted by atomic mass is 127. The number of benzene rings is 3. The zero-order chi connectivity index (χ0) is 27.8. The van der Waals surface area contributed by atoms with E-state index in [2.05, 4.69) is 27.9 Å². The predicted octanol–water partition coefficient (Wildman–Crippen LogP) is 7.32. The molecule has 1 N–H and O–H groups in total. The maximum Gasteiger partial charge on any atom is 0.336 e. The minimum absolute atomic E-state index is 0.124. The molecule has 0 fully saturated rings. The van der Waals surface area contributed by atoms with E-state index < -0.39 is 11.9 Å². The number of ether oxygens (including phenoxy) is 3. The SMILES string of the molecule is CCOC(=O)C1=C(C)NC2=C(C(=O)c3ccccc32)[C@H]1c1cc(I)c(OCc2ccc(Cl)c(Cl)c2)c(OC)c1. The molecule has 0 saturated heterocycles. The van der Waals surface area contributed by atoms with E-state index in [-0.39, 0.29) is 19.0 Å². The van der Waals surface area contributed by atoms with Crippen molar-refractivity contribution in [3.8, 4) is 11.5 Å². The van der Waals surface area contributed by atoms with Crippen LogP contribution in [0.2, 0.25) is 10.0 Å². The lowest BCUT2D eigenvalue weighted by Crippen LogP contribution is -2.29. The first kappa shape index (κ1) is 27.6. The summed E-state index contributed by atoms with van der Waals surface area (Å²) in [7, 11) is 1.55. The number of dihydropyridines is 1. The van der Waals surface area contributed by atoms with Crippen molar-refractivity contribution >= 4 is 63.2 Å². The molecule has 39 heavy (non-hydrogen) atoms. The number of rotatable bonds is 7. The van der Waals surface area contributed by atoms with E-state index in [0.29, 0.717) is 49.6 Å². The molecule has 0 amide bonds. The van der Waals surface area contributed by atoms with Crippen LogP contribution in [0.5, 0.6) is 11.5 Å². The van der Waals surface area contributed by atoms with Crippen LogP contribution in [0, 0.1) is 3.57 Å². The lowest BCUT2D eigenvalue weighted by Gasteiger charge is -2.30. The molecule has 0 bridgehead atoms. The number of hydrogen-bond donors (Lipinski definition) is 1. The Bertz CT molecular complexity index is 1580. The number of hydrogen-bond acceptors (Lipinski definition) is 6. The summed E-state index contributed by atoms with van der Waals surface area (Å²) >= 11 is 14.4. The number of nitrogens with one attached hydrogen (secondary N) is 1. The fourth-order valence-electron chi connectivity index (χ4n) is 4.97. The molecule has 0 unspecified atom stereocenters. The quantitative estimate of drug-likeness (QED) is 0.209. The van der Waals surface area contributed by atoms with Crippen LogP contribution in [-0.4, -0.2) is 25.5 Å². The summed E-state index contributed by atoms with van der Waals surface area (Å²) in [5.41, 5.74) is 5.21. The molecular formula is C30H24Cl2INO5. The third-order valence-corrected chi connectivity index (χ3v) is 8.24. The highest BCUT2D eigenvalue weighted by Gasteiger charge is 2.43. The van der Waals surface area contributed by atoms with Crippen LogP contribution in [0.15, 0.2) is 71.4 Å². The minimum atomic E-state index is -0.660. The third-order valence-electron chi connectivity index (χ3n) is 6.70. The summed E-state index contributed by atoms with van der Waals surface area (Å²) in [6.45, 7) is 4.04. The number of fused-ring (bicyclic) bond motifs is 2. The van der Waals surface area contributed by atoms with Gasteiger partial charge in [0.25, 0.3) is 0 Å². The molecule has 200 valence electrons. The summed E-state index contributed by atoms with van der Waals surface area (Å²) in [6, 6.07) is 16.5. The normalized spacial score (nSPS) is 16.1. The maximum absolute atomic E-state index is 13.7. The Balaban J connectivity index is 1.59. The summed E-state index contributed by atoms with van der Waals surface area (Å²) in [5.74, 6) is -0.248. The number of Topliss-reactive ketones (excluding diaryl/α,β-unsaturated/α-hetero) is 1. The minimum Gasteiger partial charge on any atom is -0.493 e. The van der Waals surface area contributed by atoms with Crippen LogP contribution in [-0.2, 0) is 16.1 Å². The van der Waals surface area contributed by atoms with E-state index in [4.69, 9.17) is 37.4 Å². The lowest BCUT2D eigenvalue weighted by molar-refractivity contribution is -0.138. The van der Waals surface area contributed by atoms with Gasteiger partial charge in [0.15, 0.2) is 17.3 Å². The smallest absolute Gasteiger partial charge is 0.336 e. The second kappa shape index (κ2) is 11.2. The Morgan fingerprint density at radius 2 is 1.79 bits per heavy atom. The first-order valence-electron chi connectivity index (χ1n) is 12.2. The van der Waals surface area contributed by atoms with Crippen LogP contribution in [0.1, 0.15) is 46.8 Å². The number of carbonyl (C=O) groups excluding carboxylic acids is 2. The van der Waals surface area contributed by atoms with Gasteiger partial charge >= 0.3 is 5.97 Å². The molecule has 0 spiro atoms. The van der Waals surface area contributed by atoms with Crippen LogP contribution < -0.4 is 14.8 Å². The molecule has 1 atom stereocenters. The van der Waals surface area contributed by atoms with Crippen LogP contribution in [0.3, 0.4) is 0 Å². The zero-order valence-electron chi connectivity index (χ0n) is 21.4. The van der Waals surface area contributed by atoms with Crippen molar-refractivity contribution in [1.82, 2.24) is 5.32 Å². The van der Waals surface area contributed by atoms with Crippen LogP contribution in [0.25, 0.3) is 5.70 Å². The van der Waals surface area contributed by atoms with Crippen LogP contribution in [0.4, 0.5) is 0 Å². The summed E-state index contributed by atoms with van der Waals surface area (Å²) < 4.78 is 18.1. The number of halogens is 3. The number of methoxy groups -OCH3 is 1. The first-order valence-corrected chi connectivity index (χ1v) is 14.1. The maximum atomic E-state index is 13.7. The number of ketones is 1. The fraction of sp³-hybridized carbons (Fsp3) is 0.200. The van der Waals surface area contributed by atoms with Gasteiger partial charge in [-0.15, -0.1) is 0 Å². The molecule has 0 radical (unpaired) electrons. The Morgan fingerprint density at radius 3 is 2.49 bits per heavy atom. The molecule has 3 aromatic rings. The second-order valence-corrected chi connectivity index (χ2v) is 11.0. The van der Waals surface area contributed by atoms with Gasteiger partial charge in [-0.1, -0.05) is 53.5 Å². The number of allylic oxidation sites excluding steroid dienone is 2. The Morgan fingerprint density at radius 1 is 1.05 bits per heavy atom. The Labute approximate surface area is 250 Å². The van der Waals surface area contributed by atoms with Crippen molar-refractivity contribution in [2.75, 3.05) is 13.7 Å². The average Bonchev–Trinajstić information content (AvgIpc) is 3.20. The van der Waals surface area contributed by atoms with E-state index in [1.54, 1.807) is 32.2 Å². The van der Waals surface area contributed by atoms with E-state index in [1.807, 2.05) is 43.3 Å². The van der Waals surface area contributed by atoms with E-state index in [1.165, 1.54) is 0 Å². The van der Waals surface area contributed by atoms with Gasteiger partial charge in [-0.3, -0.25) is 4.79 Å². The van der Waals surface area contributed by atoms with Gasteiger partial charge in [0.2, 0.25) is 0 Å². The monoisotopic (exact) mass is 675 g/mol. The summed E-state index contributed by atoms with van der Waals surface area (Å²) in [6.07, 6.45) is 0. The lowest BCUT2D eigenvalue weighted by atomic mass is 9.79. The summed E-state index contributed by atoms with van der Waals surface area (Å²) in [4.78, 5) is 27.0. The van der Waals surface area contributed by atoms with Gasteiger partial charge in [0, 0.05) is 28.3 Å². The highest BCUT2D eigenvalue weighted by molar-refractivity contribution is 14.1. The number of esters is 1. The standard InChI is InChI=1S/C30H24Cl2INO5/c1-4-38-30(36)24-15(2)34-27-18-7-5-6-8-19(18)28(35)26(27)25(24)17-12-22(33)29(23(13-17)37-3)39-14-16-9-10-20(31)21(32)11-16/h5-13,25,34H,4,14H2,1-3H3/t25-/m0/s1. The fourth-order valence-corrected chi connectivity index (χ4v) is 6.07. The van der Waals surface area contributed by atoms with Crippen LogP contribution >= 0.6 is 45.8 Å². The van der Waals surface area contributed by atoms with Gasteiger partial charge in [-0.25, -0.2) is 4.79 Å². The summed E-state index contributed by atoms with van der Waals surface area (Å²) in [5, 5.41) is 4.23. The largest absolute Gasteiger partial charge is 0.493 e. The Kier molecular flexibility index (Phi) is 7.94. The van der Waals surface area contributed by atoms with Gasteiger partial charge in [-0.05, 0) is 71.8 Å². The van der Waals surface area contributed by atoms with Crippen molar-refractivity contribution in [3.05, 3.63) is 107 Å². The highest BCUT2D eigenvalue weighted by Crippen LogP contribution is 2.48. The van der Waals surface area contributed by atoms with Crippen molar-refractivity contribution in [2.45, 2.75) is 26.4 Å². The van der Waals surface area contributed by atoms with Gasteiger partial charge in [0.1, 0.15) is 6.61 Å². The van der Waals surface area contributed by atoms with Crippen molar-refractivity contribution in [3.63, 3.8) is 0 Å². The molecule has 5 rings (SSSR count). The molecule has 2 aliphatic rings. The molecule has 1 aliphatic carbocycles. The van der Waals surface area contributed by atoms with E-state index in [9.17, 15) is 9.59 Å². The third kappa shape index (κ3) is 5.03.